The van der Waals surface area contributed by atoms with E-state index in [-0.39, 0.29) is 0 Å². The highest BCUT2D eigenvalue weighted by Crippen LogP contribution is 2.39. The van der Waals surface area contributed by atoms with Crippen LogP contribution in [0.3, 0.4) is 0 Å². The Morgan fingerprint density at radius 2 is 1.03 bits per heavy atom. The molecule has 0 radical (unpaired) electrons. The van der Waals surface area contributed by atoms with Gasteiger partial charge in [-0.05, 0) is 83.9 Å². The highest BCUT2D eigenvalue weighted by Gasteiger charge is 2.17. The van der Waals surface area contributed by atoms with Gasteiger partial charge in [-0.25, -0.2) is 0 Å². The Morgan fingerprint density at radius 1 is 0.447 bits per heavy atom. The molecule has 5 aromatic carbocycles. The fourth-order valence-electron chi connectivity index (χ4n) is 5.33. The molecule has 0 saturated carbocycles. The number of hydrogen-bond acceptors (Lipinski definition) is 2. The van der Waals surface area contributed by atoms with Crippen molar-refractivity contribution in [3.05, 3.63) is 152 Å². The van der Waals surface area contributed by atoms with Crippen LogP contribution in [0.4, 0.5) is 17.1 Å². The lowest BCUT2D eigenvalue weighted by Gasteiger charge is -2.25. The van der Waals surface area contributed by atoms with Crippen LogP contribution in [0.1, 0.15) is 0 Å². The predicted octanol–water partition coefficient (Wildman–Crippen LogP) is 9.32. The first-order chi connectivity index (χ1) is 18.9. The van der Waals surface area contributed by atoms with Crippen molar-refractivity contribution in [3.8, 4) is 16.8 Å². The van der Waals surface area contributed by atoms with Gasteiger partial charge in [0.1, 0.15) is 0 Å². The number of rotatable bonds is 5. The van der Waals surface area contributed by atoms with Crippen LogP contribution in [0.2, 0.25) is 0 Å². The molecule has 2 aromatic heterocycles. The van der Waals surface area contributed by atoms with E-state index in [0.29, 0.717) is 0 Å². The number of aromatic nitrogens is 2. The maximum absolute atomic E-state index is 4.15. The number of para-hydroxylation sites is 3. The molecule has 7 rings (SSSR count). The third-order valence-electron chi connectivity index (χ3n) is 7.08. The Hall–Kier alpha value is -5.15. The molecule has 7 aromatic rings. The third-order valence-corrected chi connectivity index (χ3v) is 7.08. The van der Waals surface area contributed by atoms with E-state index < -0.39 is 0 Å². The molecule has 180 valence electrons. The second-order valence-electron chi connectivity index (χ2n) is 9.34. The summed E-state index contributed by atoms with van der Waals surface area (Å²) in [7, 11) is 0. The molecule has 3 nitrogen and oxygen atoms in total. The van der Waals surface area contributed by atoms with Crippen molar-refractivity contribution in [2.24, 2.45) is 0 Å². The largest absolute Gasteiger partial charge is 0.310 e. The smallest absolute Gasteiger partial charge is 0.0542 e. The Labute approximate surface area is 221 Å². The van der Waals surface area contributed by atoms with Crippen molar-refractivity contribution >= 4 is 38.9 Å². The molecule has 2 heterocycles. The molecule has 38 heavy (non-hydrogen) atoms. The zero-order chi connectivity index (χ0) is 25.3. The summed E-state index contributed by atoms with van der Waals surface area (Å²) in [6.07, 6.45) is 3.67. The molecule has 0 saturated heterocycles. The first kappa shape index (κ1) is 22.1. The number of hydrogen-bond donors (Lipinski definition) is 0. The van der Waals surface area contributed by atoms with Crippen LogP contribution in [0.25, 0.3) is 38.6 Å². The van der Waals surface area contributed by atoms with Crippen LogP contribution in [0.5, 0.6) is 0 Å². The van der Waals surface area contributed by atoms with Crippen molar-refractivity contribution in [1.82, 2.24) is 9.55 Å². The molecule has 0 amide bonds. The summed E-state index contributed by atoms with van der Waals surface area (Å²) in [5.74, 6) is 0. The number of fused-ring (bicyclic) bond motifs is 3. The fourth-order valence-corrected chi connectivity index (χ4v) is 5.33. The van der Waals surface area contributed by atoms with Crippen molar-refractivity contribution in [2.75, 3.05) is 4.90 Å². The topological polar surface area (TPSA) is 21.1 Å². The van der Waals surface area contributed by atoms with Crippen LogP contribution in [0, 0.1) is 0 Å². The van der Waals surface area contributed by atoms with E-state index in [9.17, 15) is 0 Å². The summed E-state index contributed by atoms with van der Waals surface area (Å²) in [6, 6.07) is 49.4. The molecule has 0 unspecified atom stereocenters. The van der Waals surface area contributed by atoms with Crippen molar-refractivity contribution < 1.29 is 0 Å². The SMILES string of the molecule is c1ccc(N(c2ccccc2)c2ccc3c(c2)c2ccccc2n3-c2ccc(-c3ccncc3)cc2)cc1. The van der Waals surface area contributed by atoms with E-state index >= 15 is 0 Å². The Bertz CT molecular complexity index is 1800. The lowest BCUT2D eigenvalue weighted by molar-refractivity contribution is 1.18. The molecule has 3 heteroatoms. The van der Waals surface area contributed by atoms with Gasteiger partial charge in [0, 0.05) is 45.9 Å². The Balaban J connectivity index is 1.40. The average molecular weight is 488 g/mol. The lowest BCUT2D eigenvalue weighted by Crippen LogP contribution is -2.09. The molecule has 0 spiro atoms. The summed E-state index contributed by atoms with van der Waals surface area (Å²) in [6.45, 7) is 0. The molecule has 0 atom stereocenters. The number of pyridine rings is 1. The van der Waals surface area contributed by atoms with Gasteiger partial charge in [0.15, 0.2) is 0 Å². The van der Waals surface area contributed by atoms with E-state index in [0.717, 1.165) is 22.7 Å². The predicted molar refractivity (Wildman–Crippen MR) is 159 cm³/mol. The van der Waals surface area contributed by atoms with Crippen molar-refractivity contribution in [2.45, 2.75) is 0 Å². The molecular formula is C35H25N3. The molecule has 0 fully saturated rings. The zero-order valence-electron chi connectivity index (χ0n) is 20.8. The summed E-state index contributed by atoms with van der Waals surface area (Å²) >= 11 is 0. The first-order valence-corrected chi connectivity index (χ1v) is 12.8. The molecule has 0 N–H and O–H groups in total. The van der Waals surface area contributed by atoms with Crippen LogP contribution in [-0.2, 0) is 0 Å². The Morgan fingerprint density at radius 3 is 1.71 bits per heavy atom. The van der Waals surface area contributed by atoms with Gasteiger partial charge in [0.25, 0.3) is 0 Å². The normalized spacial score (nSPS) is 11.2. The summed E-state index contributed by atoms with van der Waals surface area (Å²) < 4.78 is 2.36. The van der Waals surface area contributed by atoms with Crippen LogP contribution < -0.4 is 4.90 Å². The minimum atomic E-state index is 1.13. The van der Waals surface area contributed by atoms with Gasteiger partial charge in [-0.3, -0.25) is 4.98 Å². The van der Waals surface area contributed by atoms with Gasteiger partial charge >= 0.3 is 0 Å². The average Bonchev–Trinajstić information content (AvgIpc) is 3.33. The maximum Gasteiger partial charge on any atom is 0.0542 e. The second-order valence-corrected chi connectivity index (χ2v) is 9.34. The maximum atomic E-state index is 4.15. The summed E-state index contributed by atoms with van der Waals surface area (Å²) in [5.41, 5.74) is 9.27. The second kappa shape index (κ2) is 9.38. The van der Waals surface area contributed by atoms with E-state index in [1.54, 1.807) is 0 Å². The van der Waals surface area contributed by atoms with Crippen LogP contribution in [0.15, 0.2) is 152 Å². The van der Waals surface area contributed by atoms with E-state index in [2.05, 4.69) is 142 Å². The van der Waals surface area contributed by atoms with E-state index in [1.165, 1.54) is 32.9 Å². The number of nitrogens with zero attached hydrogens (tertiary/aromatic N) is 3. The van der Waals surface area contributed by atoms with Gasteiger partial charge in [-0.1, -0.05) is 66.7 Å². The van der Waals surface area contributed by atoms with Gasteiger partial charge in [-0.15, -0.1) is 0 Å². The quantitative estimate of drug-likeness (QED) is 0.241. The zero-order valence-corrected chi connectivity index (χ0v) is 20.8. The van der Waals surface area contributed by atoms with Crippen LogP contribution >= 0.6 is 0 Å². The van der Waals surface area contributed by atoms with Gasteiger partial charge in [0.05, 0.1) is 11.0 Å². The molecule has 0 bridgehead atoms. The van der Waals surface area contributed by atoms with E-state index in [1.807, 2.05) is 24.5 Å². The molecule has 0 aliphatic carbocycles. The minimum absolute atomic E-state index is 1.13. The highest BCUT2D eigenvalue weighted by molar-refractivity contribution is 6.10. The monoisotopic (exact) mass is 487 g/mol. The van der Waals surface area contributed by atoms with E-state index in [4.69, 9.17) is 0 Å². The number of anilines is 3. The summed E-state index contributed by atoms with van der Waals surface area (Å²) in [4.78, 5) is 6.46. The molecule has 0 aliphatic rings. The Kier molecular flexibility index (Phi) is 5.45. The molecular weight excluding hydrogens is 462 g/mol. The van der Waals surface area contributed by atoms with Gasteiger partial charge in [-0.2, -0.15) is 0 Å². The van der Waals surface area contributed by atoms with Crippen LogP contribution in [-0.4, -0.2) is 9.55 Å². The van der Waals surface area contributed by atoms with Gasteiger partial charge < -0.3 is 9.47 Å². The van der Waals surface area contributed by atoms with Gasteiger partial charge in [0.2, 0.25) is 0 Å². The third kappa shape index (κ3) is 3.82. The van der Waals surface area contributed by atoms with Crippen molar-refractivity contribution in [3.63, 3.8) is 0 Å². The first-order valence-electron chi connectivity index (χ1n) is 12.8. The summed E-state index contributed by atoms with van der Waals surface area (Å²) in [5, 5.41) is 2.47. The highest BCUT2D eigenvalue weighted by atomic mass is 15.1. The number of benzene rings is 5. The standard InChI is InChI=1S/C35H25N3/c1-3-9-28(10-4-1)37(29-11-5-2-6-12-29)31-19-20-35-33(25-31)32-13-7-8-14-34(32)38(35)30-17-15-26(16-18-30)27-21-23-36-24-22-27/h1-25H. The fraction of sp³-hybridized carbons (Fsp3) is 0. The molecule has 0 aliphatic heterocycles. The van der Waals surface area contributed by atoms with Crippen molar-refractivity contribution in [1.29, 1.82) is 0 Å². The lowest BCUT2D eigenvalue weighted by atomic mass is 10.1. The minimum Gasteiger partial charge on any atom is -0.310 e.